The Balaban J connectivity index is 1.31. The van der Waals surface area contributed by atoms with Crippen LogP contribution in [-0.2, 0) is 14.8 Å². The van der Waals surface area contributed by atoms with Crippen molar-refractivity contribution in [2.24, 2.45) is 5.92 Å². The fourth-order valence-corrected chi connectivity index (χ4v) is 6.83. The Bertz CT molecular complexity index is 1330. The van der Waals surface area contributed by atoms with E-state index in [0.717, 1.165) is 45.6 Å². The maximum atomic E-state index is 14.1. The van der Waals surface area contributed by atoms with Crippen LogP contribution in [0.5, 0.6) is 0 Å². The molecule has 2 heterocycles. The highest BCUT2D eigenvalue weighted by molar-refractivity contribution is 7.89. The minimum atomic E-state index is -4.17. The average Bonchev–Trinajstić information content (AvgIpc) is 3.34. The molecular formula is C26H26F2N2O3S. The maximum absolute atomic E-state index is 14.1. The van der Waals surface area contributed by atoms with Crippen molar-refractivity contribution in [1.82, 2.24) is 9.21 Å². The van der Waals surface area contributed by atoms with Gasteiger partial charge in [-0.15, -0.1) is 0 Å². The number of halogens is 2. The van der Waals surface area contributed by atoms with Crippen LogP contribution in [0.2, 0.25) is 0 Å². The number of sulfonamides is 1. The number of carbonyl (C=O) groups excluding carboxylic acids is 1. The summed E-state index contributed by atoms with van der Waals surface area (Å²) in [5.74, 6) is -2.03. The van der Waals surface area contributed by atoms with Gasteiger partial charge in [-0.2, -0.15) is 4.31 Å². The lowest BCUT2D eigenvalue weighted by molar-refractivity contribution is -0.137. The van der Waals surface area contributed by atoms with E-state index in [1.807, 2.05) is 23.1 Å². The maximum Gasteiger partial charge on any atom is 0.246 e. The highest BCUT2D eigenvalue weighted by atomic mass is 32.2. The van der Waals surface area contributed by atoms with Crippen molar-refractivity contribution in [2.75, 3.05) is 19.6 Å². The molecule has 3 aromatic carbocycles. The molecule has 8 heteroatoms. The van der Waals surface area contributed by atoms with Crippen molar-refractivity contribution >= 4 is 26.7 Å². The van der Waals surface area contributed by atoms with E-state index < -0.39 is 26.6 Å². The summed E-state index contributed by atoms with van der Waals surface area (Å²) in [6.07, 6.45) is 2.53. The highest BCUT2D eigenvalue weighted by Gasteiger charge is 2.38. The van der Waals surface area contributed by atoms with Crippen molar-refractivity contribution in [1.29, 1.82) is 0 Å². The van der Waals surface area contributed by atoms with Gasteiger partial charge in [-0.25, -0.2) is 17.2 Å². The van der Waals surface area contributed by atoms with E-state index in [-0.39, 0.29) is 31.0 Å². The molecule has 2 saturated heterocycles. The van der Waals surface area contributed by atoms with E-state index in [1.165, 1.54) is 0 Å². The second kappa shape index (κ2) is 9.07. The fourth-order valence-electron chi connectivity index (χ4n) is 5.29. The Kier molecular flexibility index (Phi) is 6.12. The summed E-state index contributed by atoms with van der Waals surface area (Å²) in [5.41, 5.74) is 1.14. The SMILES string of the molecule is O=C(C1CCN(S(=O)(=O)c2cc(F)ccc2F)CC1)N1CCCC1c1cccc2ccccc12. The summed E-state index contributed by atoms with van der Waals surface area (Å²) >= 11 is 0. The molecule has 0 aromatic heterocycles. The third-order valence-electron chi connectivity index (χ3n) is 7.03. The van der Waals surface area contributed by atoms with Gasteiger partial charge in [0.1, 0.15) is 16.5 Å². The number of benzene rings is 3. The Morgan fingerprint density at radius 2 is 1.62 bits per heavy atom. The molecule has 178 valence electrons. The second-order valence-electron chi connectivity index (χ2n) is 9.01. The van der Waals surface area contributed by atoms with Gasteiger partial charge in [-0.05, 0) is 60.2 Å². The molecule has 2 fully saturated rings. The lowest BCUT2D eigenvalue weighted by Gasteiger charge is -2.34. The Labute approximate surface area is 198 Å². The number of piperidine rings is 1. The van der Waals surface area contributed by atoms with Crippen molar-refractivity contribution in [3.05, 3.63) is 77.9 Å². The third-order valence-corrected chi connectivity index (χ3v) is 8.95. The van der Waals surface area contributed by atoms with Crippen LogP contribution < -0.4 is 0 Å². The molecule has 2 aliphatic heterocycles. The van der Waals surface area contributed by atoms with E-state index in [9.17, 15) is 22.0 Å². The fraction of sp³-hybridized carbons (Fsp3) is 0.346. The smallest absolute Gasteiger partial charge is 0.246 e. The third kappa shape index (κ3) is 4.09. The monoisotopic (exact) mass is 484 g/mol. The molecule has 5 nitrogen and oxygen atoms in total. The number of rotatable bonds is 4. The quantitative estimate of drug-likeness (QED) is 0.530. The van der Waals surface area contributed by atoms with Gasteiger partial charge in [0, 0.05) is 25.6 Å². The van der Waals surface area contributed by atoms with Gasteiger partial charge in [0.2, 0.25) is 15.9 Å². The number of carbonyl (C=O) groups is 1. The van der Waals surface area contributed by atoms with Crippen LogP contribution >= 0.6 is 0 Å². The molecule has 0 radical (unpaired) electrons. The normalized spacial score (nSPS) is 20.2. The first kappa shape index (κ1) is 22.9. The van der Waals surface area contributed by atoms with Crippen LogP contribution in [0.1, 0.15) is 37.3 Å². The van der Waals surface area contributed by atoms with Crippen LogP contribution in [0.3, 0.4) is 0 Å². The summed E-state index contributed by atoms with van der Waals surface area (Å²) in [5, 5.41) is 2.29. The van der Waals surface area contributed by atoms with Gasteiger partial charge < -0.3 is 4.90 Å². The predicted molar refractivity (Wildman–Crippen MR) is 125 cm³/mol. The van der Waals surface area contributed by atoms with Crippen LogP contribution in [0, 0.1) is 17.6 Å². The van der Waals surface area contributed by atoms with E-state index in [1.54, 1.807) is 0 Å². The summed E-state index contributed by atoms with van der Waals surface area (Å²) < 4.78 is 54.6. The molecule has 0 saturated carbocycles. The predicted octanol–water partition coefficient (Wildman–Crippen LogP) is 4.88. The van der Waals surface area contributed by atoms with Crippen molar-refractivity contribution < 1.29 is 22.0 Å². The van der Waals surface area contributed by atoms with Gasteiger partial charge in [0.15, 0.2) is 0 Å². The van der Waals surface area contributed by atoms with Gasteiger partial charge in [0.25, 0.3) is 0 Å². The number of hydrogen-bond donors (Lipinski definition) is 0. The van der Waals surface area contributed by atoms with Gasteiger partial charge in [-0.3, -0.25) is 4.79 Å². The first-order valence-electron chi connectivity index (χ1n) is 11.6. The zero-order chi connectivity index (χ0) is 23.9. The topological polar surface area (TPSA) is 57.7 Å². The van der Waals surface area contributed by atoms with Gasteiger partial charge in [-0.1, -0.05) is 42.5 Å². The summed E-state index contributed by atoms with van der Waals surface area (Å²) in [6, 6.07) is 16.7. The Hall–Kier alpha value is -2.84. The summed E-state index contributed by atoms with van der Waals surface area (Å²) in [7, 11) is -4.17. The molecule has 0 N–H and O–H groups in total. The number of likely N-dealkylation sites (tertiary alicyclic amines) is 1. The lowest BCUT2D eigenvalue weighted by Crippen LogP contribution is -2.44. The zero-order valence-electron chi connectivity index (χ0n) is 18.7. The number of amides is 1. The van der Waals surface area contributed by atoms with Crippen molar-refractivity contribution in [3.63, 3.8) is 0 Å². The molecule has 1 atom stereocenters. The van der Waals surface area contributed by atoms with Crippen molar-refractivity contribution in [3.8, 4) is 0 Å². The molecule has 3 aromatic rings. The van der Waals surface area contributed by atoms with E-state index in [0.29, 0.717) is 25.5 Å². The Morgan fingerprint density at radius 1 is 0.882 bits per heavy atom. The molecule has 2 aliphatic rings. The van der Waals surface area contributed by atoms with Crippen LogP contribution in [-0.4, -0.2) is 43.2 Å². The Morgan fingerprint density at radius 3 is 2.41 bits per heavy atom. The minimum absolute atomic E-state index is 0.00162. The lowest BCUT2D eigenvalue weighted by atomic mass is 9.94. The largest absolute Gasteiger partial charge is 0.335 e. The van der Waals surface area contributed by atoms with Crippen molar-refractivity contribution in [2.45, 2.75) is 36.6 Å². The van der Waals surface area contributed by atoms with Crippen LogP contribution in [0.4, 0.5) is 8.78 Å². The zero-order valence-corrected chi connectivity index (χ0v) is 19.5. The number of fused-ring (bicyclic) bond motifs is 1. The molecule has 1 unspecified atom stereocenters. The number of hydrogen-bond acceptors (Lipinski definition) is 3. The summed E-state index contributed by atoms with van der Waals surface area (Å²) in [4.78, 5) is 14.8. The molecule has 5 rings (SSSR count). The molecule has 1 amide bonds. The molecular weight excluding hydrogens is 458 g/mol. The molecule has 34 heavy (non-hydrogen) atoms. The van der Waals surface area contributed by atoms with Crippen LogP contribution in [0.25, 0.3) is 10.8 Å². The second-order valence-corrected chi connectivity index (χ2v) is 10.9. The first-order valence-corrected chi connectivity index (χ1v) is 13.0. The summed E-state index contributed by atoms with van der Waals surface area (Å²) in [6.45, 7) is 0.878. The van der Waals surface area contributed by atoms with E-state index >= 15 is 0 Å². The van der Waals surface area contributed by atoms with E-state index in [4.69, 9.17) is 0 Å². The highest BCUT2D eigenvalue weighted by Crippen LogP contribution is 2.38. The van der Waals surface area contributed by atoms with E-state index in [2.05, 4.69) is 24.3 Å². The minimum Gasteiger partial charge on any atom is -0.335 e. The van der Waals surface area contributed by atoms with Gasteiger partial charge >= 0.3 is 0 Å². The number of nitrogens with zero attached hydrogens (tertiary/aromatic N) is 2. The molecule has 0 spiro atoms. The van der Waals surface area contributed by atoms with Gasteiger partial charge in [0.05, 0.1) is 6.04 Å². The first-order chi connectivity index (χ1) is 16.4. The molecule has 0 aliphatic carbocycles. The molecule has 0 bridgehead atoms. The van der Waals surface area contributed by atoms with Crippen LogP contribution in [0.15, 0.2) is 65.6 Å². The average molecular weight is 485 g/mol. The standard InChI is InChI=1S/C26H26F2N2O3S/c27-20-10-11-23(28)25(17-20)34(32,33)29-15-12-19(13-16-29)26(31)30-14-4-9-24(30)22-8-3-6-18-5-1-2-7-21(18)22/h1-3,5-8,10-11,17,19,24H,4,9,12-16H2.